The van der Waals surface area contributed by atoms with Crippen molar-refractivity contribution in [3.05, 3.63) is 17.8 Å². The van der Waals surface area contributed by atoms with Crippen LogP contribution in [0.1, 0.15) is 12.6 Å². The smallest absolute Gasteiger partial charge is 0.239 e. The van der Waals surface area contributed by atoms with Crippen LogP contribution < -0.4 is 11.1 Å². The number of nitrogens with two attached hydrogens (primary N) is 1. The number of nitriles is 1. The molecule has 1 heterocycles. The summed E-state index contributed by atoms with van der Waals surface area (Å²) in [4.78, 5) is 10.7. The van der Waals surface area contributed by atoms with E-state index in [1.807, 2.05) is 6.07 Å². The molecule has 0 radical (unpaired) electrons. The van der Waals surface area contributed by atoms with E-state index in [1.165, 1.54) is 6.07 Å². The van der Waals surface area contributed by atoms with Crippen LogP contribution in [-0.4, -0.2) is 22.1 Å². The maximum absolute atomic E-state index is 10.7. The summed E-state index contributed by atoms with van der Waals surface area (Å²) in [6.45, 7) is 1.61. The normalized spacial score (nSPS) is 11.4. The Morgan fingerprint density at radius 1 is 1.64 bits per heavy atom. The second-order valence-corrected chi connectivity index (χ2v) is 2.68. The summed E-state index contributed by atoms with van der Waals surface area (Å²) in [7, 11) is 0. The van der Waals surface area contributed by atoms with Gasteiger partial charge >= 0.3 is 0 Å². The van der Waals surface area contributed by atoms with Gasteiger partial charge in [0.15, 0.2) is 5.69 Å². The fraction of sp³-hybridized carbons (Fsp3) is 0.250. The van der Waals surface area contributed by atoms with Gasteiger partial charge in [-0.3, -0.25) is 4.79 Å². The lowest BCUT2D eigenvalue weighted by molar-refractivity contribution is -0.118. The van der Waals surface area contributed by atoms with Gasteiger partial charge in [0.05, 0.1) is 0 Å². The lowest BCUT2D eigenvalue weighted by Crippen LogP contribution is -2.32. The molecular weight excluding hydrogens is 182 g/mol. The lowest BCUT2D eigenvalue weighted by Gasteiger charge is -2.09. The first-order chi connectivity index (χ1) is 6.63. The number of amides is 1. The van der Waals surface area contributed by atoms with E-state index in [9.17, 15) is 4.79 Å². The molecule has 6 nitrogen and oxygen atoms in total. The lowest BCUT2D eigenvalue weighted by atomic mass is 10.3. The van der Waals surface area contributed by atoms with Crippen molar-refractivity contribution in [2.45, 2.75) is 13.0 Å². The van der Waals surface area contributed by atoms with Crippen LogP contribution in [0.25, 0.3) is 0 Å². The topological polar surface area (TPSA) is 105 Å². The van der Waals surface area contributed by atoms with Crippen LogP contribution in [0, 0.1) is 11.3 Å². The van der Waals surface area contributed by atoms with Crippen molar-refractivity contribution in [3.8, 4) is 6.07 Å². The number of carbonyl (C=O) groups is 1. The molecular formula is C8H9N5O. The molecule has 1 aromatic heterocycles. The molecule has 1 atom stereocenters. The molecule has 0 spiro atoms. The third kappa shape index (κ3) is 2.42. The number of rotatable bonds is 3. The van der Waals surface area contributed by atoms with Crippen molar-refractivity contribution in [2.24, 2.45) is 5.73 Å². The van der Waals surface area contributed by atoms with Gasteiger partial charge in [-0.15, -0.1) is 10.2 Å². The fourth-order valence-corrected chi connectivity index (χ4v) is 0.762. The predicted octanol–water partition coefficient (Wildman–Crippen LogP) is -0.366. The summed E-state index contributed by atoms with van der Waals surface area (Å²) in [6, 6.07) is 4.38. The number of nitrogens with zero attached hydrogens (tertiary/aromatic N) is 3. The Morgan fingerprint density at radius 3 is 2.79 bits per heavy atom. The Labute approximate surface area is 80.7 Å². The van der Waals surface area contributed by atoms with E-state index in [4.69, 9.17) is 11.0 Å². The van der Waals surface area contributed by atoms with Gasteiger partial charge < -0.3 is 11.1 Å². The molecule has 6 heteroatoms. The van der Waals surface area contributed by atoms with Gasteiger partial charge in [-0.05, 0) is 19.1 Å². The molecule has 0 aliphatic heterocycles. The van der Waals surface area contributed by atoms with E-state index >= 15 is 0 Å². The summed E-state index contributed by atoms with van der Waals surface area (Å²) >= 11 is 0. The summed E-state index contributed by atoms with van der Waals surface area (Å²) in [5.41, 5.74) is 5.26. The zero-order valence-electron chi connectivity index (χ0n) is 7.56. The quantitative estimate of drug-likeness (QED) is 0.678. The molecule has 1 rings (SSSR count). The second kappa shape index (κ2) is 4.18. The van der Waals surface area contributed by atoms with Crippen LogP contribution in [0.15, 0.2) is 12.1 Å². The van der Waals surface area contributed by atoms with E-state index in [0.717, 1.165) is 0 Å². The number of aromatic nitrogens is 2. The Hall–Kier alpha value is -2.16. The number of hydrogen-bond donors (Lipinski definition) is 2. The van der Waals surface area contributed by atoms with Crippen molar-refractivity contribution < 1.29 is 4.79 Å². The number of carbonyl (C=O) groups excluding carboxylic acids is 1. The summed E-state index contributed by atoms with van der Waals surface area (Å²) in [6.07, 6.45) is 0. The van der Waals surface area contributed by atoms with Crippen LogP contribution in [-0.2, 0) is 4.79 Å². The number of anilines is 1. The van der Waals surface area contributed by atoms with Crippen molar-refractivity contribution in [1.29, 1.82) is 5.26 Å². The molecule has 0 aliphatic rings. The van der Waals surface area contributed by atoms with Gasteiger partial charge in [0.2, 0.25) is 5.91 Å². The molecule has 0 saturated carbocycles. The maximum atomic E-state index is 10.7. The molecule has 3 N–H and O–H groups in total. The van der Waals surface area contributed by atoms with E-state index in [2.05, 4.69) is 15.5 Å². The Kier molecular flexibility index (Phi) is 2.97. The maximum Gasteiger partial charge on any atom is 0.239 e. The van der Waals surface area contributed by atoms with E-state index < -0.39 is 11.9 Å². The minimum atomic E-state index is -0.516. The highest BCUT2D eigenvalue weighted by Gasteiger charge is 2.08. The summed E-state index contributed by atoms with van der Waals surface area (Å²) in [5, 5.41) is 18.5. The zero-order valence-corrected chi connectivity index (χ0v) is 7.56. The minimum Gasteiger partial charge on any atom is -0.368 e. The average Bonchev–Trinajstić information content (AvgIpc) is 2.19. The van der Waals surface area contributed by atoms with Crippen LogP contribution in [0.3, 0.4) is 0 Å². The van der Waals surface area contributed by atoms with Crippen molar-refractivity contribution in [1.82, 2.24) is 10.2 Å². The molecule has 0 saturated heterocycles. The van der Waals surface area contributed by atoms with Gasteiger partial charge in [-0.1, -0.05) is 0 Å². The van der Waals surface area contributed by atoms with Crippen molar-refractivity contribution in [2.75, 3.05) is 5.32 Å². The monoisotopic (exact) mass is 191 g/mol. The molecule has 72 valence electrons. The molecule has 0 fully saturated rings. The summed E-state index contributed by atoms with van der Waals surface area (Å²) < 4.78 is 0. The SMILES string of the molecule is CC(Nc1ccc(C#N)nn1)C(N)=O. The average molecular weight is 191 g/mol. The molecule has 0 aliphatic carbocycles. The Balaban J connectivity index is 2.70. The number of hydrogen-bond acceptors (Lipinski definition) is 5. The number of nitrogens with one attached hydrogen (secondary N) is 1. The molecule has 1 aromatic rings. The Morgan fingerprint density at radius 2 is 2.36 bits per heavy atom. The van der Waals surface area contributed by atoms with Crippen molar-refractivity contribution >= 4 is 11.7 Å². The van der Waals surface area contributed by atoms with Crippen LogP contribution >= 0.6 is 0 Å². The highest BCUT2D eigenvalue weighted by Crippen LogP contribution is 2.02. The minimum absolute atomic E-state index is 0.224. The second-order valence-electron chi connectivity index (χ2n) is 2.68. The van der Waals surface area contributed by atoms with Gasteiger partial charge in [0, 0.05) is 0 Å². The molecule has 1 amide bonds. The third-order valence-corrected chi connectivity index (χ3v) is 1.57. The molecule has 14 heavy (non-hydrogen) atoms. The molecule has 0 aromatic carbocycles. The van der Waals surface area contributed by atoms with Crippen molar-refractivity contribution in [3.63, 3.8) is 0 Å². The molecule has 1 unspecified atom stereocenters. The van der Waals surface area contributed by atoms with Crippen LogP contribution in [0.2, 0.25) is 0 Å². The van der Waals surface area contributed by atoms with Gasteiger partial charge in [-0.25, -0.2) is 0 Å². The third-order valence-electron chi connectivity index (χ3n) is 1.57. The highest BCUT2D eigenvalue weighted by atomic mass is 16.1. The number of primary amides is 1. The van der Waals surface area contributed by atoms with E-state index in [0.29, 0.717) is 5.82 Å². The van der Waals surface area contributed by atoms with E-state index in [1.54, 1.807) is 13.0 Å². The Bertz CT molecular complexity index is 366. The first kappa shape index (κ1) is 9.92. The largest absolute Gasteiger partial charge is 0.368 e. The highest BCUT2D eigenvalue weighted by molar-refractivity contribution is 5.82. The van der Waals surface area contributed by atoms with Crippen LogP contribution in [0.5, 0.6) is 0 Å². The van der Waals surface area contributed by atoms with E-state index in [-0.39, 0.29) is 5.69 Å². The first-order valence-electron chi connectivity index (χ1n) is 3.93. The summed E-state index contributed by atoms with van der Waals surface area (Å²) in [5.74, 6) is -0.0635. The predicted molar refractivity (Wildman–Crippen MR) is 49.0 cm³/mol. The molecule has 0 bridgehead atoms. The first-order valence-corrected chi connectivity index (χ1v) is 3.93. The van der Waals surface area contributed by atoms with Gasteiger partial charge in [0.25, 0.3) is 0 Å². The fourth-order valence-electron chi connectivity index (χ4n) is 0.762. The van der Waals surface area contributed by atoms with Gasteiger partial charge in [-0.2, -0.15) is 5.26 Å². The van der Waals surface area contributed by atoms with Gasteiger partial charge in [0.1, 0.15) is 17.9 Å². The standard InChI is InChI=1S/C8H9N5O/c1-5(8(10)14)11-7-3-2-6(4-9)12-13-7/h2-3,5H,1H3,(H2,10,14)(H,11,13). The van der Waals surface area contributed by atoms with Crippen LogP contribution in [0.4, 0.5) is 5.82 Å². The zero-order chi connectivity index (χ0) is 10.6.